The first kappa shape index (κ1) is 12.0. The molecule has 1 fully saturated rings. The highest BCUT2D eigenvalue weighted by atomic mass is 16.5. The quantitative estimate of drug-likeness (QED) is 0.664. The lowest BCUT2D eigenvalue weighted by atomic mass is 9.96. The summed E-state index contributed by atoms with van der Waals surface area (Å²) >= 11 is 0. The van der Waals surface area contributed by atoms with Crippen LogP contribution in [0.25, 0.3) is 0 Å². The summed E-state index contributed by atoms with van der Waals surface area (Å²) < 4.78 is 5.95. The van der Waals surface area contributed by atoms with Gasteiger partial charge in [0.2, 0.25) is 0 Å². The zero-order valence-corrected chi connectivity index (χ0v) is 9.77. The molecule has 0 aromatic heterocycles. The van der Waals surface area contributed by atoms with E-state index in [0.717, 1.165) is 19.7 Å². The van der Waals surface area contributed by atoms with Crippen molar-refractivity contribution >= 4 is 0 Å². The van der Waals surface area contributed by atoms with Crippen molar-refractivity contribution in [3.05, 3.63) is 0 Å². The van der Waals surface area contributed by atoms with Gasteiger partial charge < -0.3 is 10.1 Å². The van der Waals surface area contributed by atoms with Gasteiger partial charge in [-0.25, -0.2) is 0 Å². The third-order valence-electron chi connectivity index (χ3n) is 3.01. The number of piperidine rings is 1. The second kappa shape index (κ2) is 6.41. The van der Waals surface area contributed by atoms with Crippen molar-refractivity contribution in [1.29, 1.82) is 0 Å². The second-order valence-electron chi connectivity index (χ2n) is 4.64. The molecule has 1 saturated heterocycles. The summed E-state index contributed by atoms with van der Waals surface area (Å²) in [6.07, 6.45) is 7.67. The SMILES string of the molecule is CCCCCCOC1(C)CCCNC1. The van der Waals surface area contributed by atoms with Crippen LogP contribution < -0.4 is 5.32 Å². The number of nitrogens with one attached hydrogen (secondary N) is 1. The van der Waals surface area contributed by atoms with Crippen LogP contribution in [0.5, 0.6) is 0 Å². The fourth-order valence-corrected chi connectivity index (χ4v) is 2.00. The third-order valence-corrected chi connectivity index (χ3v) is 3.01. The molecule has 0 bridgehead atoms. The van der Waals surface area contributed by atoms with Gasteiger partial charge in [0.25, 0.3) is 0 Å². The smallest absolute Gasteiger partial charge is 0.0778 e. The minimum atomic E-state index is 0.116. The standard InChI is InChI=1S/C12H25NO/c1-3-4-5-6-10-14-12(2)8-7-9-13-11-12/h13H,3-11H2,1-2H3. The van der Waals surface area contributed by atoms with E-state index in [9.17, 15) is 0 Å². The van der Waals surface area contributed by atoms with Crippen LogP contribution in [0, 0.1) is 0 Å². The Morgan fingerprint density at radius 2 is 2.14 bits per heavy atom. The van der Waals surface area contributed by atoms with Gasteiger partial charge in [-0.05, 0) is 32.7 Å². The van der Waals surface area contributed by atoms with Crippen LogP contribution in [0.3, 0.4) is 0 Å². The topological polar surface area (TPSA) is 21.3 Å². The minimum absolute atomic E-state index is 0.116. The van der Waals surface area contributed by atoms with E-state index >= 15 is 0 Å². The van der Waals surface area contributed by atoms with Crippen molar-refractivity contribution in [1.82, 2.24) is 5.32 Å². The Labute approximate surface area is 88.4 Å². The molecule has 0 amide bonds. The molecule has 1 aliphatic heterocycles. The van der Waals surface area contributed by atoms with Gasteiger partial charge in [-0.1, -0.05) is 26.2 Å². The lowest BCUT2D eigenvalue weighted by Gasteiger charge is -2.34. The lowest BCUT2D eigenvalue weighted by Crippen LogP contribution is -2.45. The van der Waals surface area contributed by atoms with Gasteiger partial charge in [0.15, 0.2) is 0 Å². The number of rotatable bonds is 6. The summed E-state index contributed by atoms with van der Waals surface area (Å²) in [6.45, 7) is 7.61. The van der Waals surface area contributed by atoms with Crippen LogP contribution in [0.4, 0.5) is 0 Å². The molecule has 2 heteroatoms. The summed E-state index contributed by atoms with van der Waals surface area (Å²) in [4.78, 5) is 0. The fraction of sp³-hybridized carbons (Fsp3) is 1.00. The summed E-state index contributed by atoms with van der Waals surface area (Å²) in [5, 5.41) is 3.40. The number of hydrogen-bond acceptors (Lipinski definition) is 2. The molecular formula is C12H25NO. The summed E-state index contributed by atoms with van der Waals surface area (Å²) in [5.41, 5.74) is 0.116. The first-order valence-electron chi connectivity index (χ1n) is 6.11. The first-order chi connectivity index (χ1) is 6.77. The zero-order chi connectivity index (χ0) is 10.3. The molecule has 1 atom stereocenters. The molecule has 1 rings (SSSR count). The summed E-state index contributed by atoms with van der Waals surface area (Å²) in [6, 6.07) is 0. The second-order valence-corrected chi connectivity index (χ2v) is 4.64. The van der Waals surface area contributed by atoms with E-state index in [0.29, 0.717) is 0 Å². The van der Waals surface area contributed by atoms with E-state index in [1.54, 1.807) is 0 Å². The van der Waals surface area contributed by atoms with Gasteiger partial charge >= 0.3 is 0 Å². The number of hydrogen-bond donors (Lipinski definition) is 1. The predicted molar refractivity (Wildman–Crippen MR) is 60.6 cm³/mol. The molecule has 0 aromatic carbocycles. The normalized spacial score (nSPS) is 27.9. The average Bonchev–Trinajstić information content (AvgIpc) is 2.18. The van der Waals surface area contributed by atoms with Crippen molar-refractivity contribution in [3.63, 3.8) is 0 Å². The molecular weight excluding hydrogens is 174 g/mol. The maximum atomic E-state index is 5.95. The largest absolute Gasteiger partial charge is 0.374 e. The maximum absolute atomic E-state index is 5.95. The fourth-order valence-electron chi connectivity index (χ4n) is 2.00. The molecule has 2 nitrogen and oxygen atoms in total. The predicted octanol–water partition coefficient (Wildman–Crippen LogP) is 2.73. The molecule has 84 valence electrons. The van der Waals surface area contributed by atoms with Gasteiger partial charge in [0.1, 0.15) is 0 Å². The Morgan fingerprint density at radius 3 is 2.79 bits per heavy atom. The zero-order valence-electron chi connectivity index (χ0n) is 9.77. The highest BCUT2D eigenvalue weighted by molar-refractivity contribution is 4.82. The van der Waals surface area contributed by atoms with Crippen LogP contribution in [-0.2, 0) is 4.74 Å². The van der Waals surface area contributed by atoms with Crippen molar-refractivity contribution in [2.24, 2.45) is 0 Å². The molecule has 1 aliphatic rings. The number of unbranched alkanes of at least 4 members (excludes halogenated alkanes) is 3. The Hall–Kier alpha value is -0.0800. The lowest BCUT2D eigenvalue weighted by molar-refractivity contribution is -0.0478. The molecule has 14 heavy (non-hydrogen) atoms. The third kappa shape index (κ3) is 4.43. The van der Waals surface area contributed by atoms with E-state index < -0.39 is 0 Å². The van der Waals surface area contributed by atoms with Gasteiger partial charge in [0, 0.05) is 13.2 Å². The van der Waals surface area contributed by atoms with E-state index in [1.165, 1.54) is 38.5 Å². The first-order valence-corrected chi connectivity index (χ1v) is 6.11. The Balaban J connectivity index is 2.03. The molecule has 0 aromatic rings. The number of ether oxygens (including phenoxy) is 1. The van der Waals surface area contributed by atoms with E-state index in [4.69, 9.17) is 4.74 Å². The maximum Gasteiger partial charge on any atom is 0.0778 e. The van der Waals surface area contributed by atoms with Crippen molar-refractivity contribution in [2.75, 3.05) is 19.7 Å². The van der Waals surface area contributed by atoms with Crippen molar-refractivity contribution in [2.45, 2.75) is 58.0 Å². The van der Waals surface area contributed by atoms with Crippen LogP contribution in [0.15, 0.2) is 0 Å². The average molecular weight is 199 g/mol. The Bertz CT molecular complexity index is 141. The molecule has 0 spiro atoms. The molecule has 0 saturated carbocycles. The van der Waals surface area contributed by atoms with Crippen molar-refractivity contribution in [3.8, 4) is 0 Å². The molecule has 1 N–H and O–H groups in total. The van der Waals surface area contributed by atoms with Gasteiger partial charge in [-0.2, -0.15) is 0 Å². The van der Waals surface area contributed by atoms with Gasteiger partial charge in [-0.15, -0.1) is 0 Å². The van der Waals surface area contributed by atoms with Crippen LogP contribution in [0.1, 0.15) is 52.4 Å². The molecule has 0 aliphatic carbocycles. The highest BCUT2D eigenvalue weighted by Gasteiger charge is 2.26. The highest BCUT2D eigenvalue weighted by Crippen LogP contribution is 2.20. The van der Waals surface area contributed by atoms with Crippen LogP contribution in [0.2, 0.25) is 0 Å². The van der Waals surface area contributed by atoms with Crippen LogP contribution >= 0.6 is 0 Å². The summed E-state index contributed by atoms with van der Waals surface area (Å²) in [7, 11) is 0. The van der Waals surface area contributed by atoms with Gasteiger partial charge in [0.05, 0.1) is 5.60 Å². The van der Waals surface area contributed by atoms with E-state index in [-0.39, 0.29) is 5.60 Å². The minimum Gasteiger partial charge on any atom is -0.374 e. The van der Waals surface area contributed by atoms with E-state index in [1.807, 2.05) is 0 Å². The molecule has 1 unspecified atom stereocenters. The molecule has 0 radical (unpaired) electrons. The Morgan fingerprint density at radius 1 is 1.29 bits per heavy atom. The Kier molecular flexibility index (Phi) is 5.49. The summed E-state index contributed by atoms with van der Waals surface area (Å²) in [5.74, 6) is 0. The molecule has 1 heterocycles. The van der Waals surface area contributed by atoms with E-state index in [2.05, 4.69) is 19.2 Å². The van der Waals surface area contributed by atoms with Gasteiger partial charge in [-0.3, -0.25) is 0 Å². The van der Waals surface area contributed by atoms with Crippen LogP contribution in [-0.4, -0.2) is 25.3 Å². The monoisotopic (exact) mass is 199 g/mol. The van der Waals surface area contributed by atoms with Crippen molar-refractivity contribution < 1.29 is 4.74 Å².